The van der Waals surface area contributed by atoms with Crippen LogP contribution in [-0.4, -0.2) is 38.0 Å². The number of halogens is 1. The van der Waals surface area contributed by atoms with Crippen LogP contribution in [0.3, 0.4) is 0 Å². The standard InChI is InChI=1S/C15H23FN2O/c1-18(2)12-6-4-3-5-11-17-15(19)13-7-9-14(16)10-8-13/h7-10H,3-6,11-12H2,1-2H3,(H,17,19)/i16-1. The molecule has 0 saturated carbocycles. The Morgan fingerprint density at radius 3 is 2.37 bits per heavy atom. The Bertz CT molecular complexity index is 376. The summed E-state index contributed by atoms with van der Waals surface area (Å²) >= 11 is 0. The van der Waals surface area contributed by atoms with Crippen molar-refractivity contribution in [1.82, 2.24) is 10.2 Å². The molecule has 0 aliphatic carbocycles. The first kappa shape index (κ1) is 15.6. The Balaban J connectivity index is 2.09. The van der Waals surface area contributed by atoms with Crippen molar-refractivity contribution in [2.45, 2.75) is 25.7 Å². The molecule has 1 aromatic carbocycles. The normalized spacial score (nSPS) is 10.7. The average molecular weight is 265 g/mol. The van der Waals surface area contributed by atoms with E-state index in [1.165, 1.54) is 37.1 Å². The van der Waals surface area contributed by atoms with Gasteiger partial charge < -0.3 is 10.2 Å². The van der Waals surface area contributed by atoms with E-state index in [4.69, 9.17) is 0 Å². The summed E-state index contributed by atoms with van der Waals surface area (Å²) < 4.78 is 12.7. The van der Waals surface area contributed by atoms with Gasteiger partial charge in [-0.15, -0.1) is 0 Å². The van der Waals surface area contributed by atoms with Gasteiger partial charge in [-0.1, -0.05) is 12.8 Å². The van der Waals surface area contributed by atoms with Crippen LogP contribution in [0.15, 0.2) is 24.3 Å². The van der Waals surface area contributed by atoms with Gasteiger partial charge in [-0.2, -0.15) is 0 Å². The number of carbonyl (C=O) groups excluding carboxylic acids is 1. The van der Waals surface area contributed by atoms with Crippen molar-refractivity contribution in [3.05, 3.63) is 35.6 Å². The molecular weight excluding hydrogens is 242 g/mol. The highest BCUT2D eigenvalue weighted by Crippen LogP contribution is 2.03. The topological polar surface area (TPSA) is 32.3 Å². The highest BCUT2D eigenvalue weighted by molar-refractivity contribution is 5.94. The lowest BCUT2D eigenvalue weighted by atomic mass is 10.1. The van der Waals surface area contributed by atoms with Crippen LogP contribution in [0, 0.1) is 5.82 Å². The van der Waals surface area contributed by atoms with Crippen LogP contribution in [0.1, 0.15) is 36.0 Å². The molecule has 0 aromatic heterocycles. The number of carbonyl (C=O) groups is 1. The quantitative estimate of drug-likeness (QED) is 0.733. The molecule has 0 saturated heterocycles. The lowest BCUT2D eigenvalue weighted by molar-refractivity contribution is 0.0953. The first-order chi connectivity index (χ1) is 9.09. The Morgan fingerprint density at radius 2 is 1.74 bits per heavy atom. The monoisotopic (exact) mass is 265 g/mol. The van der Waals surface area contributed by atoms with E-state index in [9.17, 15) is 9.18 Å². The maximum atomic E-state index is 12.7. The summed E-state index contributed by atoms with van der Waals surface area (Å²) in [5.41, 5.74) is 0.508. The molecule has 19 heavy (non-hydrogen) atoms. The fourth-order valence-corrected chi connectivity index (χ4v) is 1.81. The maximum Gasteiger partial charge on any atom is 0.251 e. The molecule has 1 amide bonds. The SMILES string of the molecule is CN(C)CCCCCCNC(=O)c1ccc([18F])cc1. The van der Waals surface area contributed by atoms with E-state index in [2.05, 4.69) is 24.3 Å². The van der Waals surface area contributed by atoms with Crippen molar-refractivity contribution in [2.24, 2.45) is 0 Å². The van der Waals surface area contributed by atoms with Gasteiger partial charge >= 0.3 is 0 Å². The molecule has 0 spiro atoms. The van der Waals surface area contributed by atoms with E-state index in [0.717, 1.165) is 19.4 Å². The minimum Gasteiger partial charge on any atom is -0.352 e. The van der Waals surface area contributed by atoms with Crippen LogP contribution >= 0.6 is 0 Å². The van der Waals surface area contributed by atoms with Crippen LogP contribution in [-0.2, 0) is 0 Å². The first-order valence-electron chi connectivity index (χ1n) is 6.78. The minimum absolute atomic E-state index is 0.131. The molecule has 0 fully saturated rings. The predicted octanol–water partition coefficient (Wildman–Crippen LogP) is 2.68. The molecule has 1 N–H and O–H groups in total. The lowest BCUT2D eigenvalue weighted by Gasteiger charge is -2.09. The Kier molecular flexibility index (Phi) is 7.11. The molecule has 0 bridgehead atoms. The van der Waals surface area contributed by atoms with Gasteiger partial charge in [0.1, 0.15) is 5.82 Å². The molecule has 0 heterocycles. The number of amides is 1. The fraction of sp³-hybridized carbons (Fsp3) is 0.533. The molecule has 0 aliphatic heterocycles. The fourth-order valence-electron chi connectivity index (χ4n) is 1.81. The number of hydrogen-bond acceptors (Lipinski definition) is 2. The summed E-state index contributed by atoms with van der Waals surface area (Å²) in [5, 5.41) is 2.85. The zero-order valence-electron chi connectivity index (χ0n) is 11.8. The van der Waals surface area contributed by atoms with E-state index in [1.807, 2.05) is 0 Å². The van der Waals surface area contributed by atoms with E-state index in [1.54, 1.807) is 0 Å². The third kappa shape index (κ3) is 6.91. The largest absolute Gasteiger partial charge is 0.352 e. The number of hydrogen-bond donors (Lipinski definition) is 1. The van der Waals surface area contributed by atoms with Crippen molar-refractivity contribution >= 4 is 5.91 Å². The van der Waals surface area contributed by atoms with Crippen molar-refractivity contribution in [3.63, 3.8) is 0 Å². The van der Waals surface area contributed by atoms with Crippen molar-refractivity contribution in [2.75, 3.05) is 27.2 Å². The van der Waals surface area contributed by atoms with Gasteiger partial charge in [-0.25, -0.2) is 4.39 Å². The lowest BCUT2D eigenvalue weighted by Crippen LogP contribution is -2.24. The van der Waals surface area contributed by atoms with Gasteiger partial charge in [0, 0.05) is 12.1 Å². The van der Waals surface area contributed by atoms with Crippen molar-refractivity contribution < 1.29 is 9.18 Å². The van der Waals surface area contributed by atoms with E-state index >= 15 is 0 Å². The molecule has 0 atom stereocenters. The first-order valence-corrected chi connectivity index (χ1v) is 6.78. The Morgan fingerprint density at radius 1 is 1.11 bits per heavy atom. The molecule has 1 rings (SSSR count). The van der Waals surface area contributed by atoms with Gasteiger partial charge in [0.05, 0.1) is 0 Å². The summed E-state index contributed by atoms with van der Waals surface area (Å²) in [7, 11) is 4.14. The van der Waals surface area contributed by atoms with Crippen LogP contribution in [0.25, 0.3) is 0 Å². The van der Waals surface area contributed by atoms with Crippen LogP contribution < -0.4 is 5.32 Å². The van der Waals surface area contributed by atoms with Crippen molar-refractivity contribution in [3.8, 4) is 0 Å². The molecule has 1 aromatic rings. The minimum atomic E-state index is -0.322. The van der Waals surface area contributed by atoms with Crippen LogP contribution in [0.2, 0.25) is 0 Å². The smallest absolute Gasteiger partial charge is 0.251 e. The van der Waals surface area contributed by atoms with Gasteiger partial charge in [-0.05, 0) is 57.7 Å². The summed E-state index contributed by atoms with van der Waals surface area (Å²) in [5.74, 6) is -0.453. The average Bonchev–Trinajstić information content (AvgIpc) is 2.38. The zero-order valence-corrected chi connectivity index (χ0v) is 11.8. The third-order valence-electron chi connectivity index (χ3n) is 2.92. The van der Waals surface area contributed by atoms with Gasteiger partial charge in [0.2, 0.25) is 0 Å². The van der Waals surface area contributed by atoms with E-state index < -0.39 is 0 Å². The van der Waals surface area contributed by atoms with Gasteiger partial charge in [0.15, 0.2) is 0 Å². The number of benzene rings is 1. The van der Waals surface area contributed by atoms with Gasteiger partial charge in [0.25, 0.3) is 5.91 Å². The summed E-state index contributed by atoms with van der Waals surface area (Å²) in [6, 6.07) is 5.61. The van der Waals surface area contributed by atoms with Crippen molar-refractivity contribution in [1.29, 1.82) is 0 Å². The number of unbranched alkanes of at least 4 members (excludes halogenated alkanes) is 3. The highest BCUT2D eigenvalue weighted by atomic mass is 18.2. The summed E-state index contributed by atoms with van der Waals surface area (Å²) in [4.78, 5) is 13.9. The van der Waals surface area contributed by atoms with Gasteiger partial charge in [-0.3, -0.25) is 4.79 Å². The van der Waals surface area contributed by atoms with Crippen LogP contribution in [0.4, 0.5) is 4.39 Å². The van der Waals surface area contributed by atoms with E-state index in [0.29, 0.717) is 12.1 Å². The second-order valence-corrected chi connectivity index (χ2v) is 4.98. The molecule has 0 unspecified atom stereocenters. The predicted molar refractivity (Wildman–Crippen MR) is 75.8 cm³/mol. The van der Waals surface area contributed by atoms with E-state index in [-0.39, 0.29) is 11.7 Å². The molecule has 3 nitrogen and oxygen atoms in total. The summed E-state index contributed by atoms with van der Waals surface area (Å²) in [6.45, 7) is 1.79. The number of rotatable bonds is 8. The molecule has 106 valence electrons. The zero-order chi connectivity index (χ0) is 14.1. The second kappa shape index (κ2) is 8.64. The Hall–Kier alpha value is -1.42. The molecule has 4 heteroatoms. The van der Waals surface area contributed by atoms with Crippen LogP contribution in [0.5, 0.6) is 0 Å². The third-order valence-corrected chi connectivity index (χ3v) is 2.92. The molecule has 0 radical (unpaired) electrons. The number of nitrogens with zero attached hydrogens (tertiary/aromatic N) is 1. The summed E-state index contributed by atoms with van der Waals surface area (Å²) in [6.07, 6.45) is 4.49. The maximum absolute atomic E-state index is 12.7. The Labute approximate surface area is 114 Å². The highest BCUT2D eigenvalue weighted by Gasteiger charge is 2.04. The second-order valence-electron chi connectivity index (χ2n) is 4.98. The molecular formula is C15H23FN2O. The molecule has 0 aliphatic rings. The number of nitrogens with one attached hydrogen (secondary N) is 1.